The van der Waals surface area contributed by atoms with Crippen LogP contribution in [0.5, 0.6) is 0 Å². The number of carbonyl (C=O) groups excluding carboxylic acids is 1. The summed E-state index contributed by atoms with van der Waals surface area (Å²) >= 11 is 5.66. The van der Waals surface area contributed by atoms with Gasteiger partial charge in [-0.05, 0) is 19.1 Å². The van der Waals surface area contributed by atoms with Crippen molar-refractivity contribution < 1.29 is 14.5 Å². The molecule has 1 amide bonds. The third-order valence-electron chi connectivity index (χ3n) is 2.20. The lowest BCUT2D eigenvalue weighted by molar-refractivity contribution is -0.385. The van der Waals surface area contributed by atoms with E-state index in [9.17, 15) is 14.9 Å². The number of ether oxygens (including phenoxy) is 1. The number of methoxy groups -OCH3 is 1. The van der Waals surface area contributed by atoms with Gasteiger partial charge in [0.2, 0.25) is 0 Å². The molecule has 0 aromatic heterocycles. The van der Waals surface area contributed by atoms with Gasteiger partial charge in [-0.25, -0.2) is 0 Å². The number of nitrogens with one attached hydrogen (secondary N) is 1. The van der Waals surface area contributed by atoms with Crippen LogP contribution in [0, 0.1) is 10.1 Å². The number of nitro benzene ring substituents is 1. The van der Waals surface area contributed by atoms with Crippen molar-refractivity contribution in [3.63, 3.8) is 0 Å². The molecule has 98 valence electrons. The first-order chi connectivity index (χ1) is 8.45. The van der Waals surface area contributed by atoms with Crippen LogP contribution in [0.3, 0.4) is 0 Å². The topological polar surface area (TPSA) is 81.5 Å². The molecule has 0 fully saturated rings. The minimum Gasteiger partial charge on any atom is -0.383 e. The maximum Gasteiger partial charge on any atom is 0.283 e. The predicted octanol–water partition coefficient (Wildman–Crippen LogP) is 2.01. The number of halogens is 1. The van der Waals surface area contributed by atoms with Gasteiger partial charge in [0.05, 0.1) is 11.5 Å². The zero-order valence-corrected chi connectivity index (χ0v) is 10.7. The molecule has 1 aromatic carbocycles. The van der Waals surface area contributed by atoms with Crippen LogP contribution >= 0.6 is 11.6 Å². The van der Waals surface area contributed by atoms with Gasteiger partial charge in [0.15, 0.2) is 0 Å². The highest BCUT2D eigenvalue weighted by Crippen LogP contribution is 2.23. The summed E-state index contributed by atoms with van der Waals surface area (Å²) < 4.78 is 4.87. The lowest BCUT2D eigenvalue weighted by Crippen LogP contribution is -2.35. The highest BCUT2D eigenvalue weighted by atomic mass is 35.5. The Morgan fingerprint density at radius 2 is 2.28 bits per heavy atom. The minimum absolute atomic E-state index is 0.0210. The average Bonchev–Trinajstić information content (AvgIpc) is 2.28. The highest BCUT2D eigenvalue weighted by molar-refractivity contribution is 6.31. The molecule has 0 heterocycles. The SMILES string of the molecule is COC[C@@H](C)NC(=O)c1ccc(Cl)cc1[N+](=O)[O-]. The number of nitrogens with zero attached hydrogens (tertiary/aromatic N) is 1. The number of hydrogen-bond acceptors (Lipinski definition) is 4. The third-order valence-corrected chi connectivity index (χ3v) is 2.43. The van der Waals surface area contributed by atoms with Crippen LogP contribution in [0.2, 0.25) is 5.02 Å². The van der Waals surface area contributed by atoms with E-state index in [0.29, 0.717) is 6.61 Å². The fourth-order valence-corrected chi connectivity index (χ4v) is 1.61. The normalized spacial score (nSPS) is 11.9. The molecule has 1 atom stereocenters. The van der Waals surface area contributed by atoms with Crippen molar-refractivity contribution in [2.45, 2.75) is 13.0 Å². The standard InChI is InChI=1S/C11H13ClN2O4/c1-7(6-18-2)13-11(15)9-4-3-8(12)5-10(9)14(16)17/h3-5,7H,6H2,1-2H3,(H,13,15)/t7-/m1/s1. The van der Waals surface area contributed by atoms with Crippen LogP contribution in [0.25, 0.3) is 0 Å². The summed E-state index contributed by atoms with van der Waals surface area (Å²) in [5, 5.41) is 13.6. The Balaban J connectivity index is 2.95. The molecule has 1 aromatic rings. The second-order valence-electron chi connectivity index (χ2n) is 3.75. The summed E-state index contributed by atoms with van der Waals surface area (Å²) in [4.78, 5) is 22.0. The van der Waals surface area contributed by atoms with Gasteiger partial charge in [-0.1, -0.05) is 11.6 Å². The van der Waals surface area contributed by atoms with Crippen LogP contribution < -0.4 is 5.32 Å². The Bertz CT molecular complexity index is 464. The molecule has 1 N–H and O–H groups in total. The molecule has 0 aliphatic rings. The summed E-state index contributed by atoms with van der Waals surface area (Å²) in [6.45, 7) is 2.07. The zero-order chi connectivity index (χ0) is 13.7. The minimum atomic E-state index is -0.637. The summed E-state index contributed by atoms with van der Waals surface area (Å²) in [7, 11) is 1.51. The van der Waals surface area contributed by atoms with E-state index in [1.165, 1.54) is 19.2 Å². The zero-order valence-electron chi connectivity index (χ0n) is 9.97. The molecule has 18 heavy (non-hydrogen) atoms. The molecule has 0 unspecified atom stereocenters. The van der Waals surface area contributed by atoms with Gasteiger partial charge in [0.1, 0.15) is 5.56 Å². The van der Waals surface area contributed by atoms with E-state index in [4.69, 9.17) is 16.3 Å². The van der Waals surface area contributed by atoms with Crippen molar-refractivity contribution in [1.29, 1.82) is 0 Å². The smallest absolute Gasteiger partial charge is 0.283 e. The van der Waals surface area contributed by atoms with Crippen LogP contribution in [0.4, 0.5) is 5.69 Å². The first-order valence-corrected chi connectivity index (χ1v) is 5.57. The van der Waals surface area contributed by atoms with E-state index in [1.54, 1.807) is 6.92 Å². The maximum atomic E-state index is 11.9. The van der Waals surface area contributed by atoms with Crippen LogP contribution in [-0.4, -0.2) is 30.6 Å². The second kappa shape index (κ2) is 6.32. The van der Waals surface area contributed by atoms with Gasteiger partial charge in [0.25, 0.3) is 11.6 Å². The molecule has 0 spiro atoms. The van der Waals surface area contributed by atoms with Crippen molar-refractivity contribution >= 4 is 23.2 Å². The van der Waals surface area contributed by atoms with E-state index in [0.717, 1.165) is 6.07 Å². The van der Waals surface area contributed by atoms with Crippen LogP contribution in [0.15, 0.2) is 18.2 Å². The average molecular weight is 273 g/mol. The first-order valence-electron chi connectivity index (χ1n) is 5.19. The number of carbonyl (C=O) groups is 1. The molecular formula is C11H13ClN2O4. The van der Waals surface area contributed by atoms with E-state index in [1.807, 2.05) is 0 Å². The Morgan fingerprint density at radius 3 is 2.83 bits per heavy atom. The lowest BCUT2D eigenvalue weighted by atomic mass is 10.1. The van der Waals surface area contributed by atoms with Gasteiger partial charge in [-0.2, -0.15) is 0 Å². The van der Waals surface area contributed by atoms with Gasteiger partial charge in [-0.15, -0.1) is 0 Å². The van der Waals surface area contributed by atoms with Gasteiger partial charge in [-0.3, -0.25) is 14.9 Å². The lowest BCUT2D eigenvalue weighted by Gasteiger charge is -2.12. The van der Waals surface area contributed by atoms with Crippen molar-refractivity contribution in [1.82, 2.24) is 5.32 Å². The Kier molecular flexibility index (Phi) is 5.06. The maximum absolute atomic E-state index is 11.9. The van der Waals surface area contributed by atoms with Crippen LogP contribution in [-0.2, 0) is 4.74 Å². The van der Waals surface area contributed by atoms with E-state index in [-0.39, 0.29) is 22.3 Å². The monoisotopic (exact) mass is 272 g/mol. The number of benzene rings is 1. The second-order valence-corrected chi connectivity index (χ2v) is 4.18. The molecule has 0 aliphatic carbocycles. The highest BCUT2D eigenvalue weighted by Gasteiger charge is 2.21. The summed E-state index contributed by atoms with van der Waals surface area (Å²) in [6.07, 6.45) is 0. The van der Waals surface area contributed by atoms with Crippen LogP contribution in [0.1, 0.15) is 17.3 Å². The van der Waals surface area contributed by atoms with Gasteiger partial charge < -0.3 is 10.1 Å². The first kappa shape index (κ1) is 14.4. The third kappa shape index (κ3) is 3.68. The molecule has 0 bridgehead atoms. The molecular weight excluding hydrogens is 260 g/mol. The molecule has 0 aliphatic heterocycles. The number of hydrogen-bond donors (Lipinski definition) is 1. The largest absolute Gasteiger partial charge is 0.383 e. The predicted molar refractivity (Wildman–Crippen MR) is 66.9 cm³/mol. The van der Waals surface area contributed by atoms with Crippen molar-refractivity contribution in [3.05, 3.63) is 38.9 Å². The van der Waals surface area contributed by atoms with Crippen molar-refractivity contribution in [2.24, 2.45) is 0 Å². The van der Waals surface area contributed by atoms with E-state index < -0.39 is 10.8 Å². The Morgan fingerprint density at radius 1 is 1.61 bits per heavy atom. The molecule has 6 nitrogen and oxygen atoms in total. The fraction of sp³-hybridized carbons (Fsp3) is 0.364. The number of amides is 1. The Labute approximate surface area is 109 Å². The van der Waals surface area contributed by atoms with E-state index >= 15 is 0 Å². The van der Waals surface area contributed by atoms with Crippen molar-refractivity contribution in [2.75, 3.05) is 13.7 Å². The number of nitro groups is 1. The van der Waals surface area contributed by atoms with E-state index in [2.05, 4.69) is 5.32 Å². The molecule has 0 radical (unpaired) electrons. The summed E-state index contributed by atoms with van der Waals surface area (Å²) in [6, 6.07) is 3.68. The fourth-order valence-electron chi connectivity index (χ4n) is 1.44. The number of rotatable bonds is 5. The summed E-state index contributed by atoms with van der Waals surface area (Å²) in [5.74, 6) is -0.525. The molecule has 7 heteroatoms. The quantitative estimate of drug-likeness (QED) is 0.657. The molecule has 1 rings (SSSR count). The molecule has 0 saturated heterocycles. The Hall–Kier alpha value is -1.66. The van der Waals surface area contributed by atoms with Gasteiger partial charge >= 0.3 is 0 Å². The van der Waals surface area contributed by atoms with Crippen molar-refractivity contribution in [3.8, 4) is 0 Å². The van der Waals surface area contributed by atoms with Gasteiger partial charge in [0, 0.05) is 24.2 Å². The molecule has 0 saturated carbocycles. The summed E-state index contributed by atoms with van der Waals surface area (Å²) in [5.41, 5.74) is -0.336.